The summed E-state index contributed by atoms with van der Waals surface area (Å²) in [5.74, 6) is 1.37. The number of thioether (sulfide) groups is 1. The first-order valence-corrected chi connectivity index (χ1v) is 14.3. The van der Waals surface area contributed by atoms with Crippen LogP contribution in [0.4, 0.5) is 0 Å². The molecule has 0 saturated carbocycles. The predicted molar refractivity (Wildman–Crippen MR) is 131 cm³/mol. The lowest BCUT2D eigenvalue weighted by molar-refractivity contribution is -0.205. The summed E-state index contributed by atoms with van der Waals surface area (Å²) < 4.78 is 12.1. The highest BCUT2D eigenvalue weighted by Crippen LogP contribution is 2.37. The molecule has 4 heterocycles. The molecule has 1 amide bonds. The van der Waals surface area contributed by atoms with Gasteiger partial charge >= 0.3 is 0 Å². The van der Waals surface area contributed by atoms with E-state index in [9.17, 15) is 20.1 Å². The Morgan fingerprint density at radius 3 is 2.50 bits per heavy atom. The van der Waals surface area contributed by atoms with Crippen molar-refractivity contribution in [3.05, 3.63) is 0 Å². The molecule has 4 aliphatic rings. The van der Waals surface area contributed by atoms with Crippen molar-refractivity contribution in [2.45, 2.75) is 86.0 Å². The fraction of sp³-hybridized carbons (Fsp3) is 0.957. The van der Waals surface area contributed by atoms with Crippen LogP contribution in [0.15, 0.2) is 0 Å². The summed E-state index contributed by atoms with van der Waals surface area (Å²) in [6.07, 6.45) is 1.09. The molecule has 0 aromatic heterocycles. The van der Waals surface area contributed by atoms with Gasteiger partial charge in [-0.1, -0.05) is 0 Å². The summed E-state index contributed by atoms with van der Waals surface area (Å²) in [6.45, 7) is 5.25. The van der Waals surface area contributed by atoms with Crippen LogP contribution in [0, 0.1) is 17.8 Å². The fourth-order valence-corrected chi connectivity index (χ4v) is 7.04. The summed E-state index contributed by atoms with van der Waals surface area (Å²) in [7, 11) is 0. The standard InChI is InChI=1S/C23H40ClN3O6S/c1-11(24)15(21-18(29)17(28)19(30)23(33-21)34-2)27-22(31)16-20-14(10-26-16)9-13(5-8-32-20)12-3-6-25-7-4-12/h11-21,23,25-26,28-30H,3-10H2,1-2H3,(H,27,31)/t11-,13-,14-,15+,16-,17+,18?,19+,20+,21+,23?/m0/s1. The van der Waals surface area contributed by atoms with Gasteiger partial charge in [0.25, 0.3) is 0 Å². The zero-order chi connectivity index (χ0) is 24.4. The van der Waals surface area contributed by atoms with E-state index in [2.05, 4.69) is 16.0 Å². The van der Waals surface area contributed by atoms with E-state index in [1.807, 2.05) is 0 Å². The molecule has 6 N–H and O–H groups in total. The Morgan fingerprint density at radius 1 is 1.09 bits per heavy atom. The highest BCUT2D eigenvalue weighted by molar-refractivity contribution is 7.99. The van der Waals surface area contributed by atoms with Gasteiger partial charge in [0, 0.05) is 13.2 Å². The van der Waals surface area contributed by atoms with Crippen LogP contribution < -0.4 is 16.0 Å². The minimum Gasteiger partial charge on any atom is -0.388 e. The Hall–Kier alpha value is -0.170. The van der Waals surface area contributed by atoms with Crippen molar-refractivity contribution in [2.75, 3.05) is 32.5 Å². The van der Waals surface area contributed by atoms with Crippen molar-refractivity contribution in [3.8, 4) is 0 Å². The van der Waals surface area contributed by atoms with Gasteiger partial charge in [0.15, 0.2) is 0 Å². The van der Waals surface area contributed by atoms with Gasteiger partial charge in [-0.25, -0.2) is 0 Å². The third-order valence-electron chi connectivity index (χ3n) is 8.13. The maximum atomic E-state index is 13.4. The van der Waals surface area contributed by atoms with Crippen molar-refractivity contribution < 1.29 is 29.6 Å². The topological polar surface area (TPSA) is 132 Å². The number of aliphatic hydroxyl groups is 3. The second-order valence-electron chi connectivity index (χ2n) is 10.2. The van der Waals surface area contributed by atoms with Crippen LogP contribution in [0.25, 0.3) is 0 Å². The summed E-state index contributed by atoms with van der Waals surface area (Å²) in [5.41, 5.74) is -0.732. The van der Waals surface area contributed by atoms with Crippen LogP contribution in [0.5, 0.6) is 0 Å². The molecule has 0 spiro atoms. The molecule has 196 valence electrons. The van der Waals surface area contributed by atoms with Crippen molar-refractivity contribution in [2.24, 2.45) is 17.8 Å². The molecule has 0 bridgehead atoms. The predicted octanol–water partition coefficient (Wildman–Crippen LogP) is -0.348. The zero-order valence-corrected chi connectivity index (χ0v) is 21.5. The third-order valence-corrected chi connectivity index (χ3v) is 9.25. The average molecular weight is 522 g/mol. The number of aliphatic hydroxyl groups excluding tert-OH is 3. The normalized spacial score (nSPS) is 43.5. The van der Waals surface area contributed by atoms with E-state index >= 15 is 0 Å². The van der Waals surface area contributed by atoms with Crippen LogP contribution in [0.2, 0.25) is 0 Å². The van der Waals surface area contributed by atoms with Crippen molar-refractivity contribution in [1.82, 2.24) is 16.0 Å². The summed E-state index contributed by atoms with van der Waals surface area (Å²) in [5, 5.41) is 40.3. The minimum absolute atomic E-state index is 0.207. The molecule has 2 unspecified atom stereocenters. The number of alkyl halides is 1. The van der Waals surface area contributed by atoms with E-state index in [0.717, 1.165) is 32.5 Å². The number of rotatable bonds is 6. The number of amides is 1. The van der Waals surface area contributed by atoms with Gasteiger partial charge in [0.05, 0.1) is 17.5 Å². The second-order valence-corrected chi connectivity index (χ2v) is 11.9. The summed E-state index contributed by atoms with van der Waals surface area (Å²) >= 11 is 7.65. The van der Waals surface area contributed by atoms with Crippen LogP contribution in [0.1, 0.15) is 32.6 Å². The number of carbonyl (C=O) groups is 1. The van der Waals surface area contributed by atoms with E-state index in [1.54, 1.807) is 13.2 Å². The van der Waals surface area contributed by atoms with E-state index in [0.29, 0.717) is 18.4 Å². The van der Waals surface area contributed by atoms with Gasteiger partial charge in [0.1, 0.15) is 35.9 Å². The maximum Gasteiger partial charge on any atom is 0.240 e. The molecule has 11 heteroatoms. The molecule has 4 aliphatic heterocycles. The Bertz CT molecular complexity index is 685. The van der Waals surface area contributed by atoms with Crippen LogP contribution in [0.3, 0.4) is 0 Å². The Kier molecular flexibility index (Phi) is 9.42. The number of hydrogen-bond donors (Lipinski definition) is 6. The molecule has 0 aromatic carbocycles. The first-order chi connectivity index (χ1) is 16.3. The molecule has 4 fully saturated rings. The summed E-state index contributed by atoms with van der Waals surface area (Å²) in [4.78, 5) is 13.4. The third kappa shape index (κ3) is 5.70. The highest BCUT2D eigenvalue weighted by atomic mass is 35.5. The SMILES string of the molecule is CSC1O[C@H]([C@H](NC(=O)[C@H]2NC[C@@H]3C[C@@H](C4CCNCC4)CCO[C@H]32)[C@H](C)Cl)C(O)[C@@H](O)[C@H]1O. The number of nitrogens with one attached hydrogen (secondary N) is 3. The first kappa shape index (κ1) is 26.9. The van der Waals surface area contributed by atoms with E-state index < -0.39 is 47.3 Å². The summed E-state index contributed by atoms with van der Waals surface area (Å²) in [6, 6.07) is -1.27. The van der Waals surface area contributed by atoms with E-state index in [4.69, 9.17) is 21.1 Å². The highest BCUT2D eigenvalue weighted by Gasteiger charge is 2.49. The lowest BCUT2D eigenvalue weighted by atomic mass is 9.77. The lowest BCUT2D eigenvalue weighted by Crippen LogP contribution is -2.65. The zero-order valence-electron chi connectivity index (χ0n) is 19.9. The van der Waals surface area contributed by atoms with E-state index in [1.165, 1.54) is 24.6 Å². The van der Waals surface area contributed by atoms with Gasteiger partial charge in [-0.3, -0.25) is 4.79 Å². The number of ether oxygens (including phenoxy) is 2. The number of hydrogen-bond acceptors (Lipinski definition) is 9. The molecule has 9 nitrogen and oxygen atoms in total. The smallest absolute Gasteiger partial charge is 0.240 e. The molecule has 0 aromatic rings. The number of carbonyl (C=O) groups excluding carboxylic acids is 1. The van der Waals surface area contributed by atoms with Gasteiger partial charge < -0.3 is 40.7 Å². The molecule has 0 radical (unpaired) electrons. The largest absolute Gasteiger partial charge is 0.388 e. The van der Waals surface area contributed by atoms with E-state index in [-0.39, 0.29) is 17.9 Å². The molecular formula is C23H40ClN3O6S. The van der Waals surface area contributed by atoms with Crippen LogP contribution >= 0.6 is 23.4 Å². The fourth-order valence-electron chi connectivity index (χ4n) is 6.16. The number of piperidine rings is 1. The Labute approximate surface area is 211 Å². The van der Waals surface area contributed by atoms with Crippen LogP contribution in [-0.4, -0.2) is 107 Å². The number of halogens is 1. The molecule has 4 rings (SSSR count). The van der Waals surface area contributed by atoms with Gasteiger partial charge in [-0.2, -0.15) is 0 Å². The molecule has 4 saturated heterocycles. The number of fused-ring (bicyclic) bond motifs is 1. The lowest BCUT2D eigenvalue weighted by Gasteiger charge is -2.44. The minimum atomic E-state index is -1.39. The average Bonchev–Trinajstić information content (AvgIpc) is 3.11. The molecule has 34 heavy (non-hydrogen) atoms. The first-order valence-electron chi connectivity index (χ1n) is 12.5. The van der Waals surface area contributed by atoms with Gasteiger partial charge in [-0.05, 0) is 69.7 Å². The van der Waals surface area contributed by atoms with Gasteiger partial charge in [0.2, 0.25) is 5.91 Å². The molecular weight excluding hydrogens is 482 g/mol. The van der Waals surface area contributed by atoms with Crippen LogP contribution in [-0.2, 0) is 14.3 Å². The molecule has 0 aliphatic carbocycles. The quantitative estimate of drug-likeness (QED) is 0.259. The monoisotopic (exact) mass is 521 g/mol. The molecule has 11 atom stereocenters. The van der Waals surface area contributed by atoms with Crippen molar-refractivity contribution in [1.29, 1.82) is 0 Å². The van der Waals surface area contributed by atoms with Crippen molar-refractivity contribution in [3.63, 3.8) is 0 Å². The maximum absolute atomic E-state index is 13.4. The second kappa shape index (κ2) is 11.9. The Balaban J connectivity index is 1.41. The Morgan fingerprint density at radius 2 is 1.82 bits per heavy atom. The van der Waals surface area contributed by atoms with Gasteiger partial charge in [-0.15, -0.1) is 23.4 Å². The van der Waals surface area contributed by atoms with Crippen molar-refractivity contribution >= 4 is 29.3 Å².